The van der Waals surface area contributed by atoms with Crippen LogP contribution in [-0.2, 0) is 6.18 Å². The molecule has 0 bridgehead atoms. The molecule has 0 aromatic carbocycles. The number of nitrogens with one attached hydrogen (secondary N) is 1. The van der Waals surface area contributed by atoms with Gasteiger partial charge in [-0.25, -0.2) is 9.67 Å². The van der Waals surface area contributed by atoms with Gasteiger partial charge in [-0.15, -0.1) is 0 Å². The number of amides is 1. The van der Waals surface area contributed by atoms with Crippen LogP contribution in [-0.4, -0.2) is 31.8 Å². The maximum absolute atomic E-state index is 12.9. The summed E-state index contributed by atoms with van der Waals surface area (Å²) in [5.74, 6) is -1.73. The first-order valence-electron chi connectivity index (χ1n) is 11.0. The third-order valence-corrected chi connectivity index (χ3v) is 6.06. The molecule has 1 aliphatic carbocycles. The number of pyridine rings is 2. The Kier molecular flexibility index (Phi) is 6.63. The van der Waals surface area contributed by atoms with Gasteiger partial charge < -0.3 is 5.32 Å². The molecule has 1 atom stereocenters. The van der Waals surface area contributed by atoms with Crippen molar-refractivity contribution < 1.29 is 31.1 Å². The monoisotopic (exact) mass is 509 g/mol. The zero-order valence-corrected chi connectivity index (χ0v) is 19.2. The number of carbonyl (C=O) groups is 1. The normalized spacial score (nSPS) is 16.6. The maximum Gasteiger partial charge on any atom is 0.417 e. The van der Waals surface area contributed by atoms with E-state index in [4.69, 9.17) is 0 Å². The van der Waals surface area contributed by atoms with Crippen molar-refractivity contribution in [2.75, 3.05) is 5.32 Å². The number of allylic oxidation sites excluding steroid dienone is 2. The Morgan fingerprint density at radius 1 is 1.06 bits per heavy atom. The molecule has 1 N–H and O–H groups in total. The number of alkyl halides is 6. The molecule has 1 aliphatic rings. The molecular weight excluding hydrogens is 488 g/mol. The van der Waals surface area contributed by atoms with Crippen LogP contribution in [0.2, 0.25) is 0 Å². The van der Waals surface area contributed by atoms with Crippen LogP contribution in [0.4, 0.5) is 32.0 Å². The Hall–Kier alpha value is -3.70. The molecule has 4 rings (SSSR count). The van der Waals surface area contributed by atoms with Crippen LogP contribution in [0.15, 0.2) is 42.9 Å². The third kappa shape index (κ3) is 5.26. The van der Waals surface area contributed by atoms with Gasteiger partial charge in [-0.1, -0.05) is 6.08 Å². The lowest BCUT2D eigenvalue weighted by Gasteiger charge is -2.24. The lowest BCUT2D eigenvalue weighted by atomic mass is 9.87. The summed E-state index contributed by atoms with van der Waals surface area (Å²) in [7, 11) is 0. The number of nitrogens with zero attached hydrogens (tertiary/aromatic N) is 4. The first kappa shape index (κ1) is 25.4. The number of carbonyl (C=O) groups excluding carboxylic acids is 1. The van der Waals surface area contributed by atoms with Crippen LogP contribution < -0.4 is 5.32 Å². The Morgan fingerprint density at radius 2 is 1.81 bits per heavy atom. The van der Waals surface area contributed by atoms with Crippen molar-refractivity contribution in [3.8, 4) is 5.82 Å². The summed E-state index contributed by atoms with van der Waals surface area (Å²) in [4.78, 5) is 21.0. The van der Waals surface area contributed by atoms with E-state index >= 15 is 0 Å². The van der Waals surface area contributed by atoms with Crippen LogP contribution in [0.5, 0.6) is 0 Å². The van der Waals surface area contributed by atoms with Crippen LogP contribution in [0.3, 0.4) is 0 Å². The van der Waals surface area contributed by atoms with E-state index in [0.717, 1.165) is 17.7 Å². The van der Waals surface area contributed by atoms with Crippen molar-refractivity contribution in [1.29, 1.82) is 0 Å². The summed E-state index contributed by atoms with van der Waals surface area (Å²) in [5, 5.41) is 6.76. The topological polar surface area (TPSA) is 72.7 Å². The minimum Gasteiger partial charge on any atom is -0.320 e. The van der Waals surface area contributed by atoms with Crippen LogP contribution in [0, 0.1) is 19.8 Å². The first-order valence-corrected chi connectivity index (χ1v) is 11.0. The van der Waals surface area contributed by atoms with E-state index in [-0.39, 0.29) is 30.6 Å². The van der Waals surface area contributed by atoms with Gasteiger partial charge in [-0.05, 0) is 62.4 Å². The number of aryl methyl sites for hydroxylation is 1. The molecule has 3 aromatic heterocycles. The molecular formula is C24H21F6N5O. The van der Waals surface area contributed by atoms with Crippen molar-refractivity contribution in [2.24, 2.45) is 5.92 Å². The number of hydrogen-bond acceptors (Lipinski definition) is 4. The van der Waals surface area contributed by atoms with Crippen LogP contribution >= 0.6 is 0 Å². The average Bonchev–Trinajstić information content (AvgIpc) is 3.19. The molecule has 0 radical (unpaired) electrons. The van der Waals surface area contributed by atoms with Crippen molar-refractivity contribution in [2.45, 2.75) is 45.5 Å². The lowest BCUT2D eigenvalue weighted by Crippen LogP contribution is -2.24. The van der Waals surface area contributed by atoms with Crippen LogP contribution in [0.1, 0.15) is 52.1 Å². The summed E-state index contributed by atoms with van der Waals surface area (Å²) in [6.07, 6.45) is -3.58. The van der Waals surface area contributed by atoms with Crippen molar-refractivity contribution in [3.05, 3.63) is 70.9 Å². The summed E-state index contributed by atoms with van der Waals surface area (Å²) in [5.41, 5.74) is 2.07. The molecule has 0 aliphatic heterocycles. The minimum absolute atomic E-state index is 0.00595. The quantitative estimate of drug-likeness (QED) is 0.419. The minimum atomic E-state index is -4.52. The fourth-order valence-corrected chi connectivity index (χ4v) is 4.07. The predicted octanol–water partition coefficient (Wildman–Crippen LogP) is 6.30. The molecule has 190 valence electrons. The fourth-order valence-electron chi connectivity index (χ4n) is 4.07. The van der Waals surface area contributed by atoms with E-state index < -0.39 is 29.7 Å². The van der Waals surface area contributed by atoms with Gasteiger partial charge in [0.15, 0.2) is 5.82 Å². The molecule has 0 saturated carbocycles. The highest BCUT2D eigenvalue weighted by atomic mass is 19.4. The molecule has 3 heterocycles. The Balaban J connectivity index is 1.47. The predicted molar refractivity (Wildman–Crippen MR) is 119 cm³/mol. The SMILES string of the molecule is Cc1cc(NC(=O)c2cnn(-c3ccc(C(F)(F)F)cn3)c2C)cnc1C1=CCC(C(F)(F)F)CC1. The largest absolute Gasteiger partial charge is 0.417 e. The van der Waals surface area contributed by atoms with E-state index in [9.17, 15) is 31.1 Å². The summed E-state index contributed by atoms with van der Waals surface area (Å²) in [6.45, 7) is 3.34. The highest BCUT2D eigenvalue weighted by molar-refractivity contribution is 6.05. The van der Waals surface area contributed by atoms with Gasteiger partial charge in [0, 0.05) is 6.20 Å². The molecule has 36 heavy (non-hydrogen) atoms. The van der Waals surface area contributed by atoms with E-state index in [2.05, 4.69) is 20.4 Å². The van der Waals surface area contributed by atoms with Gasteiger partial charge in [0.25, 0.3) is 5.91 Å². The zero-order valence-electron chi connectivity index (χ0n) is 19.2. The number of halogens is 6. The average molecular weight is 509 g/mol. The standard InChI is InChI=1S/C24H21F6N5O/c1-13-9-18(11-32-21(13)15-3-5-16(6-4-15)23(25,26)27)34-22(36)19-12-33-35(14(19)2)20-8-7-17(10-31-20)24(28,29)30/h3,7-12,16H,4-6H2,1-2H3,(H,34,36). The Labute approximate surface area is 202 Å². The van der Waals surface area contributed by atoms with E-state index in [1.165, 1.54) is 17.1 Å². The smallest absolute Gasteiger partial charge is 0.320 e. The second kappa shape index (κ2) is 9.40. The highest BCUT2D eigenvalue weighted by Crippen LogP contribution is 2.39. The fraction of sp³-hybridized carbons (Fsp3) is 0.333. The van der Waals surface area contributed by atoms with Gasteiger partial charge in [-0.3, -0.25) is 9.78 Å². The number of rotatable bonds is 4. The molecule has 0 spiro atoms. The molecule has 0 fully saturated rings. The molecule has 1 unspecified atom stereocenters. The lowest BCUT2D eigenvalue weighted by molar-refractivity contribution is -0.175. The highest BCUT2D eigenvalue weighted by Gasteiger charge is 2.40. The molecule has 0 saturated heterocycles. The summed E-state index contributed by atoms with van der Waals surface area (Å²) < 4.78 is 78.3. The van der Waals surface area contributed by atoms with Gasteiger partial charge in [0.1, 0.15) is 0 Å². The van der Waals surface area contributed by atoms with Gasteiger partial charge in [0.05, 0.1) is 46.5 Å². The molecule has 3 aromatic rings. The van der Waals surface area contributed by atoms with Gasteiger partial charge >= 0.3 is 12.4 Å². The molecule has 1 amide bonds. The first-order chi connectivity index (χ1) is 16.8. The van der Waals surface area contributed by atoms with E-state index in [0.29, 0.717) is 28.8 Å². The molecule has 6 nitrogen and oxygen atoms in total. The molecule has 12 heteroatoms. The Bertz CT molecular complexity index is 1310. The van der Waals surface area contributed by atoms with Crippen molar-refractivity contribution in [1.82, 2.24) is 19.7 Å². The summed E-state index contributed by atoms with van der Waals surface area (Å²) in [6, 6.07) is 3.71. The maximum atomic E-state index is 12.9. The zero-order chi connectivity index (χ0) is 26.3. The summed E-state index contributed by atoms with van der Waals surface area (Å²) >= 11 is 0. The number of anilines is 1. The van der Waals surface area contributed by atoms with Gasteiger partial charge in [-0.2, -0.15) is 31.4 Å². The third-order valence-electron chi connectivity index (χ3n) is 6.06. The number of aromatic nitrogens is 4. The second-order valence-corrected chi connectivity index (χ2v) is 8.54. The Morgan fingerprint density at radius 3 is 2.36 bits per heavy atom. The second-order valence-electron chi connectivity index (χ2n) is 8.54. The van der Waals surface area contributed by atoms with E-state index in [1.807, 2.05) is 0 Å². The van der Waals surface area contributed by atoms with Crippen molar-refractivity contribution in [3.63, 3.8) is 0 Å². The number of hydrogen-bond donors (Lipinski definition) is 1. The van der Waals surface area contributed by atoms with Crippen molar-refractivity contribution >= 4 is 17.2 Å². The van der Waals surface area contributed by atoms with E-state index in [1.54, 1.807) is 26.0 Å². The van der Waals surface area contributed by atoms with Gasteiger partial charge in [0.2, 0.25) is 0 Å². The van der Waals surface area contributed by atoms with Crippen LogP contribution in [0.25, 0.3) is 11.4 Å².